The van der Waals surface area contributed by atoms with Crippen LogP contribution in [0.2, 0.25) is 0 Å². The summed E-state index contributed by atoms with van der Waals surface area (Å²) >= 11 is 28.4. The van der Waals surface area contributed by atoms with Gasteiger partial charge in [0.2, 0.25) is 7.59 Å². The minimum absolute atomic E-state index is 0. The van der Waals surface area contributed by atoms with Gasteiger partial charge in [-0.15, -0.1) is 0 Å². The van der Waals surface area contributed by atoms with Crippen molar-refractivity contribution in [2.45, 2.75) is 7.59 Å². The Labute approximate surface area is 165 Å². The molecule has 0 aliphatic carbocycles. The van der Waals surface area contributed by atoms with Crippen molar-refractivity contribution in [3.05, 3.63) is 0 Å². The van der Waals surface area contributed by atoms with Gasteiger partial charge in [-0.25, -0.2) is 0 Å². The molecule has 0 bridgehead atoms. The molecule has 0 heterocycles. The molecule has 84 valence electrons. The van der Waals surface area contributed by atoms with E-state index in [1.807, 2.05) is 0 Å². The maximum absolute atomic E-state index is 9.51. The number of carboxylic acid groups (broad SMARTS) is 2. The largest absolute Gasteiger partial charge is 1.00 e. The van der Waals surface area contributed by atoms with Gasteiger partial charge in [0.25, 0.3) is 0 Å². The Morgan fingerprint density at radius 1 is 0.688 bits per heavy atom. The van der Waals surface area contributed by atoms with Gasteiger partial charge in [0.05, 0.1) is 11.9 Å². The molecule has 0 aromatic heterocycles. The number of hydrogen-bond acceptors (Lipinski definition) is 4. The summed E-state index contributed by atoms with van der Waals surface area (Å²) in [5.74, 6) is -3.42. The fourth-order valence-electron chi connectivity index (χ4n) is 0. The predicted molar refractivity (Wildman–Crippen MR) is 50.6 cm³/mol. The molecule has 12 heteroatoms. The van der Waals surface area contributed by atoms with Crippen LogP contribution in [0.1, 0.15) is 0 Å². The zero-order valence-electron chi connectivity index (χ0n) is 7.90. The van der Waals surface area contributed by atoms with Gasteiger partial charge in [0.1, 0.15) is 0 Å². The van der Waals surface area contributed by atoms with Crippen molar-refractivity contribution >= 4 is 81.5 Å². The molecule has 0 spiro atoms. The van der Waals surface area contributed by atoms with Crippen LogP contribution in [0, 0.1) is 0 Å². The third-order valence-corrected chi connectivity index (χ3v) is 1.39. The van der Waals surface area contributed by atoms with Crippen LogP contribution in [-0.2, 0) is 9.59 Å². The molecule has 0 aliphatic rings. The summed E-state index contributed by atoms with van der Waals surface area (Å²) in [6, 6.07) is 0. The van der Waals surface area contributed by atoms with Gasteiger partial charge in [-0.2, -0.15) is 0 Å². The van der Waals surface area contributed by atoms with E-state index in [0.717, 1.165) is 0 Å². The third-order valence-electron chi connectivity index (χ3n) is 0.463. The predicted octanol–water partition coefficient (Wildman–Crippen LogP) is -5.78. The van der Waals surface area contributed by atoms with Crippen LogP contribution in [0.4, 0.5) is 0 Å². The molecule has 0 aromatic rings. The second kappa shape index (κ2) is 11.5. The molecule has 0 radical (unpaired) electrons. The van der Waals surface area contributed by atoms with E-state index in [0.29, 0.717) is 0 Å². The molecule has 16 heavy (non-hydrogen) atoms. The van der Waals surface area contributed by atoms with E-state index in [1.54, 1.807) is 0 Å². The van der Waals surface area contributed by atoms with E-state index in [2.05, 4.69) is 0 Å². The van der Waals surface area contributed by atoms with Crippen molar-refractivity contribution in [3.63, 3.8) is 0 Å². The first-order chi connectivity index (χ1) is 5.89. The summed E-state index contributed by atoms with van der Waals surface area (Å²) in [6.07, 6.45) is 0. The summed E-state index contributed by atoms with van der Waals surface area (Å²) in [5, 5.41) is 19.0. The fraction of sp³-hybridized carbons (Fsp3) is 0.500. The van der Waals surface area contributed by atoms with E-state index in [1.165, 1.54) is 0 Å². The van der Waals surface area contributed by atoms with Crippen molar-refractivity contribution < 1.29 is 78.9 Å². The van der Waals surface area contributed by atoms with Crippen molar-refractivity contribution in [2.24, 2.45) is 0 Å². The molecule has 0 unspecified atom stereocenters. The standard InChI is InChI=1S/2C2HCl3O2.2Na/c2*3-2(4,5)1(6)7;;/h2*(H,6,7);;/q;;2*+1/p-2. The molecule has 0 fully saturated rings. The van der Waals surface area contributed by atoms with Crippen LogP contribution in [-0.4, -0.2) is 19.5 Å². The molecule has 0 saturated heterocycles. The fourth-order valence-corrected chi connectivity index (χ4v) is 0. The molecule has 0 N–H and O–H groups in total. The van der Waals surface area contributed by atoms with Crippen LogP contribution in [0.25, 0.3) is 0 Å². The van der Waals surface area contributed by atoms with Gasteiger partial charge in [0.15, 0.2) is 0 Å². The Bertz CT molecular complexity index is 200. The molecule has 0 aliphatic heterocycles. The summed E-state index contributed by atoms with van der Waals surface area (Å²) in [5.41, 5.74) is 0. The molecule has 0 amide bonds. The van der Waals surface area contributed by atoms with Crippen molar-refractivity contribution in [1.29, 1.82) is 0 Å². The summed E-state index contributed by atoms with van der Waals surface area (Å²) < 4.78 is -4.56. The first-order valence-electron chi connectivity index (χ1n) is 2.45. The first kappa shape index (κ1) is 27.1. The van der Waals surface area contributed by atoms with Gasteiger partial charge < -0.3 is 19.8 Å². The number of hydrogen-bond donors (Lipinski definition) is 0. The Balaban J connectivity index is -0.0000000800. The second-order valence-electron chi connectivity index (χ2n) is 1.57. The molecule has 0 rings (SSSR count). The number of carbonyl (C=O) groups is 2. The van der Waals surface area contributed by atoms with Gasteiger partial charge in [-0.05, 0) is 0 Å². The minimum atomic E-state index is -2.28. The number of alkyl halides is 6. The molecular formula is C4Cl6Na2O4. The smallest absolute Gasteiger partial charge is 0.545 e. The number of carboxylic acids is 2. The number of halogens is 6. The molecule has 0 saturated carbocycles. The minimum Gasteiger partial charge on any atom is -0.545 e. The normalized spacial score (nSPS) is 9.88. The Kier molecular flexibility index (Phi) is 19.5. The summed E-state index contributed by atoms with van der Waals surface area (Å²) in [6.45, 7) is 0. The molecule has 4 nitrogen and oxygen atoms in total. The van der Waals surface area contributed by atoms with E-state index in [9.17, 15) is 19.8 Å². The van der Waals surface area contributed by atoms with E-state index in [-0.39, 0.29) is 59.1 Å². The van der Waals surface area contributed by atoms with E-state index >= 15 is 0 Å². The monoisotopic (exact) mass is 368 g/mol. The molecular weight excluding hydrogens is 371 g/mol. The van der Waals surface area contributed by atoms with Crippen LogP contribution >= 0.6 is 69.6 Å². The second-order valence-corrected chi connectivity index (χ2v) is 6.13. The number of carbonyl (C=O) groups excluding carboxylic acids is 2. The maximum Gasteiger partial charge on any atom is 1.00 e. The van der Waals surface area contributed by atoms with Gasteiger partial charge >= 0.3 is 59.1 Å². The van der Waals surface area contributed by atoms with Crippen LogP contribution in [0.5, 0.6) is 0 Å². The SMILES string of the molecule is O=C([O-])C(Cl)(Cl)Cl.O=C([O-])C(Cl)(Cl)Cl.[Na+].[Na+]. The number of rotatable bonds is 0. The average molecular weight is 371 g/mol. The van der Waals surface area contributed by atoms with Crippen LogP contribution < -0.4 is 69.3 Å². The molecule has 0 atom stereocenters. The summed E-state index contributed by atoms with van der Waals surface area (Å²) in [4.78, 5) is 19.0. The van der Waals surface area contributed by atoms with E-state index < -0.39 is 19.5 Å². The Morgan fingerprint density at radius 2 is 0.750 bits per heavy atom. The maximum atomic E-state index is 9.51. The van der Waals surface area contributed by atoms with Crippen LogP contribution in [0.15, 0.2) is 0 Å². The van der Waals surface area contributed by atoms with Gasteiger partial charge in [-0.3, -0.25) is 0 Å². The van der Waals surface area contributed by atoms with Crippen molar-refractivity contribution in [1.82, 2.24) is 0 Å². The quantitative estimate of drug-likeness (QED) is 0.314. The Hall–Kier alpha value is 2.68. The van der Waals surface area contributed by atoms with Crippen molar-refractivity contribution in [2.75, 3.05) is 0 Å². The topological polar surface area (TPSA) is 80.3 Å². The van der Waals surface area contributed by atoms with E-state index in [4.69, 9.17) is 69.6 Å². The third kappa shape index (κ3) is 19.0. The van der Waals surface area contributed by atoms with Crippen molar-refractivity contribution in [3.8, 4) is 0 Å². The van der Waals surface area contributed by atoms with Gasteiger partial charge in [-0.1, -0.05) is 69.6 Å². The van der Waals surface area contributed by atoms with Gasteiger partial charge in [0, 0.05) is 0 Å². The Morgan fingerprint density at radius 3 is 0.750 bits per heavy atom. The first-order valence-corrected chi connectivity index (χ1v) is 4.72. The average Bonchev–Trinajstić information content (AvgIpc) is 1.83. The summed E-state index contributed by atoms with van der Waals surface area (Å²) in [7, 11) is 0. The van der Waals surface area contributed by atoms with Crippen LogP contribution in [0.3, 0.4) is 0 Å². The number of aliphatic carboxylic acids is 2. The zero-order chi connectivity index (χ0) is 12.2. The molecule has 0 aromatic carbocycles. The zero-order valence-corrected chi connectivity index (χ0v) is 16.4.